The number of pyridine rings is 9. The Kier molecular flexibility index (Phi) is 22.3. The van der Waals surface area contributed by atoms with Crippen LogP contribution in [0.1, 0.15) is 115 Å². The predicted molar refractivity (Wildman–Crippen MR) is 377 cm³/mol. The Labute approximate surface area is 560 Å². The Morgan fingerprint density at radius 3 is 1.05 bits per heavy atom. The fourth-order valence-electron chi connectivity index (χ4n) is 10.8. The lowest BCUT2D eigenvalue weighted by Gasteiger charge is -2.12. The third-order valence-corrected chi connectivity index (χ3v) is 15.7. The maximum Gasteiger partial charge on any atom is 0.335 e. The molecule has 9 heterocycles. The molecule has 12 rings (SSSR count). The molecule has 0 aliphatic rings. The Morgan fingerprint density at radius 1 is 0.423 bits per heavy atom. The van der Waals surface area contributed by atoms with E-state index in [2.05, 4.69) is 70.0 Å². The number of carboxylic acid groups (broad SMARTS) is 1. The average Bonchev–Trinajstić information content (AvgIpc) is 0.967. The van der Waals surface area contributed by atoms with E-state index in [0.29, 0.717) is 90.2 Å². The highest BCUT2D eigenvalue weighted by Gasteiger charge is 2.15. The van der Waals surface area contributed by atoms with E-state index in [0.717, 1.165) is 111 Å². The summed E-state index contributed by atoms with van der Waals surface area (Å²) in [6, 6.07) is 38.6. The molecule has 0 radical (unpaired) electrons. The fraction of sp³-hybridized carbons (Fsp3) is 0.160. The molecule has 0 saturated carbocycles. The second kappa shape index (κ2) is 31.6. The maximum atomic E-state index is 12.7. The van der Waals surface area contributed by atoms with E-state index >= 15 is 0 Å². The summed E-state index contributed by atoms with van der Waals surface area (Å²) >= 11 is 0. The highest BCUT2D eigenvalue weighted by molar-refractivity contribution is 5.95. The molecule has 0 atom stereocenters. The first-order valence-corrected chi connectivity index (χ1v) is 30.5. The number of fused-ring (bicyclic) bond motifs is 3. The average molecular weight is 1290 g/mol. The molecule has 0 bridgehead atoms. The van der Waals surface area contributed by atoms with Crippen molar-refractivity contribution < 1.29 is 19.5 Å². The first-order valence-electron chi connectivity index (χ1n) is 30.5. The number of nitrogens with one attached hydrogen (secondary N) is 2. The van der Waals surface area contributed by atoms with Gasteiger partial charge >= 0.3 is 5.97 Å². The Balaban J connectivity index is 0.000000160. The lowest BCUT2D eigenvalue weighted by Crippen LogP contribution is -2.24. The zero-order valence-corrected chi connectivity index (χ0v) is 54.2. The molecule has 0 spiro atoms. The molecule has 9 aromatic heterocycles. The molecule has 22 heteroatoms. The van der Waals surface area contributed by atoms with Crippen molar-refractivity contribution in [3.8, 4) is 0 Å². The maximum absolute atomic E-state index is 12.7. The highest BCUT2D eigenvalue weighted by atomic mass is 16.4. The van der Waals surface area contributed by atoms with Crippen LogP contribution >= 0.6 is 0 Å². The Bertz CT molecular complexity index is 4830. The summed E-state index contributed by atoms with van der Waals surface area (Å²) in [7, 11) is 0. The van der Waals surface area contributed by atoms with Crippen LogP contribution in [0.15, 0.2) is 165 Å². The zero-order valence-electron chi connectivity index (χ0n) is 54.2. The molecule has 11 N–H and O–H groups in total. The van der Waals surface area contributed by atoms with E-state index in [4.69, 9.17) is 47.8 Å². The van der Waals surface area contributed by atoms with Crippen molar-refractivity contribution in [2.45, 2.75) is 80.4 Å². The minimum absolute atomic E-state index is 0.173. The molecule has 22 nitrogen and oxygen atoms in total. The molecule has 482 valence electrons. The van der Waals surface area contributed by atoms with Gasteiger partial charge in [0.05, 0.1) is 41.8 Å². The number of carbonyl (C=O) groups is 3. The van der Waals surface area contributed by atoms with Gasteiger partial charge in [-0.3, -0.25) is 39.5 Å². The number of aryl methyl sites for hydroxylation is 6. The summed E-state index contributed by atoms with van der Waals surface area (Å²) in [4.78, 5) is 85.3. The van der Waals surface area contributed by atoms with Gasteiger partial charge in [-0.05, 0) is 199 Å². The van der Waals surface area contributed by atoms with Crippen LogP contribution < -0.4 is 33.6 Å². The molecular weight excluding hydrogens is 1220 g/mol. The SMILES string of the molecule is Cc1cc(N)nc(C)c1CN.[C-]#[N+]c1cnc2ccc(Cc3cc(C(=O)NCc4c(C)cc(N)nc4C)ccn3)cc2c1.[C-]#[N+]c1cnc2ccc(Cc3cc(C(=O)NCc4c(C)cc(N)nc4C)ccn3)cc2c1.[C-]#[N+]c1cnc2ccc(Cc3cc(C(=O)O)ccn3)cc2c1. The van der Waals surface area contributed by atoms with E-state index in [1.807, 2.05) is 114 Å². The van der Waals surface area contributed by atoms with E-state index in [-0.39, 0.29) is 17.4 Å². The number of nitrogen functional groups attached to an aromatic ring is 3. The summed E-state index contributed by atoms with van der Waals surface area (Å²) in [6.07, 6.45) is 11.1. The summed E-state index contributed by atoms with van der Waals surface area (Å²) in [5, 5.41) is 17.6. The molecular formula is C75H68N18O4. The monoisotopic (exact) mass is 1280 g/mol. The third-order valence-electron chi connectivity index (χ3n) is 15.7. The van der Waals surface area contributed by atoms with Gasteiger partial charge in [0.25, 0.3) is 11.8 Å². The van der Waals surface area contributed by atoms with Crippen LogP contribution in [0.25, 0.3) is 47.2 Å². The number of hydrogen-bond donors (Lipinski definition) is 7. The quantitative estimate of drug-likeness (QED) is 0.0497. The van der Waals surface area contributed by atoms with Crippen molar-refractivity contribution in [1.29, 1.82) is 0 Å². The van der Waals surface area contributed by atoms with Gasteiger partial charge in [0.1, 0.15) is 17.5 Å². The number of nitrogens with zero attached hydrogens (tertiary/aromatic N) is 12. The van der Waals surface area contributed by atoms with Gasteiger partial charge in [-0.15, -0.1) is 0 Å². The number of rotatable bonds is 14. The van der Waals surface area contributed by atoms with Crippen LogP contribution in [-0.2, 0) is 38.9 Å². The molecule has 2 amide bonds. The normalized spacial score (nSPS) is 10.5. The third kappa shape index (κ3) is 18.2. The number of amides is 2. The number of aromatic nitrogens is 9. The van der Waals surface area contributed by atoms with Crippen molar-refractivity contribution in [3.05, 3.63) is 300 Å². The molecule has 0 aliphatic heterocycles. The number of anilines is 3. The number of nitrogens with two attached hydrogens (primary N) is 4. The van der Waals surface area contributed by atoms with Crippen LogP contribution in [0.2, 0.25) is 0 Å². The van der Waals surface area contributed by atoms with Gasteiger partial charge in [0.2, 0.25) is 17.1 Å². The highest BCUT2D eigenvalue weighted by Crippen LogP contribution is 2.26. The number of hydrogen-bond acceptors (Lipinski definition) is 16. The van der Waals surface area contributed by atoms with Gasteiger partial charge in [-0.1, -0.05) is 36.4 Å². The van der Waals surface area contributed by atoms with E-state index in [1.165, 1.54) is 12.3 Å². The van der Waals surface area contributed by atoms with Crippen LogP contribution in [0, 0.1) is 61.3 Å². The van der Waals surface area contributed by atoms with E-state index in [9.17, 15) is 14.4 Å². The van der Waals surface area contributed by atoms with Gasteiger partial charge in [0.15, 0.2) is 0 Å². The molecule has 12 aromatic rings. The van der Waals surface area contributed by atoms with Crippen LogP contribution in [0.3, 0.4) is 0 Å². The number of benzene rings is 3. The molecule has 0 unspecified atom stereocenters. The van der Waals surface area contributed by atoms with Gasteiger partial charge in [-0.2, -0.15) is 0 Å². The van der Waals surface area contributed by atoms with E-state index < -0.39 is 5.97 Å². The number of carbonyl (C=O) groups excluding carboxylic acids is 2. The van der Waals surface area contributed by atoms with Crippen molar-refractivity contribution >= 4 is 85.0 Å². The first kappa shape index (κ1) is 68.4. The second-order valence-electron chi connectivity index (χ2n) is 22.8. The fourth-order valence-corrected chi connectivity index (χ4v) is 10.8. The molecule has 0 fully saturated rings. The second-order valence-corrected chi connectivity index (χ2v) is 22.8. The molecule has 3 aromatic carbocycles. The van der Waals surface area contributed by atoms with Gasteiger partial charge < -0.3 is 38.7 Å². The minimum atomic E-state index is -0.965. The molecule has 97 heavy (non-hydrogen) atoms. The van der Waals surface area contributed by atoms with Gasteiger partial charge in [0, 0.05) is 121 Å². The summed E-state index contributed by atoms with van der Waals surface area (Å²) < 4.78 is 0. The van der Waals surface area contributed by atoms with Crippen molar-refractivity contribution in [1.82, 2.24) is 55.5 Å². The lowest BCUT2D eigenvalue weighted by molar-refractivity contribution is 0.0696. The van der Waals surface area contributed by atoms with Gasteiger partial charge in [-0.25, -0.2) is 34.3 Å². The largest absolute Gasteiger partial charge is 0.478 e. The molecule has 0 aliphatic carbocycles. The lowest BCUT2D eigenvalue weighted by atomic mass is 10.0. The summed E-state index contributed by atoms with van der Waals surface area (Å²) in [5.74, 6) is 0.208. The number of carboxylic acids is 1. The Hall–Kier alpha value is -13.0. The van der Waals surface area contributed by atoms with E-state index in [1.54, 1.807) is 79.5 Å². The standard InChI is InChI=1S/2C25H22N6O.C17H11N3O2.C8H13N3/c2*1-15-8-24(26)31-16(2)22(15)14-30-25(32)18-6-7-28-20(11-18)10-17-4-5-23-19(9-17)12-21(27-3)13-29-23;1-18-15-9-13-6-11(2-3-16(13)20-10-15)7-14-8-12(17(21)22)4-5-19-14;1-5-3-8(10)11-6(2)7(5)4-9/h2*4-9,11-13H,10,14H2,1-2H3,(H2,26,31)(H,30,32);2-6,8-10H,7H2,(H,21,22);3H,4,9H2,1-2H3,(H2,10,11). The summed E-state index contributed by atoms with van der Waals surface area (Å²) in [6.45, 7) is 34.2. The zero-order chi connectivity index (χ0) is 69.3. The Morgan fingerprint density at radius 2 is 0.742 bits per heavy atom. The molecule has 0 saturated heterocycles. The first-order chi connectivity index (χ1) is 46.6. The predicted octanol–water partition coefficient (Wildman–Crippen LogP) is 12.8. The van der Waals surface area contributed by atoms with Crippen molar-refractivity contribution in [3.63, 3.8) is 0 Å². The number of aromatic carboxylic acids is 1. The van der Waals surface area contributed by atoms with Crippen molar-refractivity contribution in [2.75, 3.05) is 17.2 Å². The topological polar surface area (TPSA) is 329 Å². The van der Waals surface area contributed by atoms with Crippen LogP contribution in [0.5, 0.6) is 0 Å². The van der Waals surface area contributed by atoms with Crippen molar-refractivity contribution in [2.24, 2.45) is 5.73 Å². The summed E-state index contributed by atoms with van der Waals surface area (Å²) in [5.41, 5.74) is 42.0. The smallest absolute Gasteiger partial charge is 0.335 e. The minimum Gasteiger partial charge on any atom is -0.478 e. The van der Waals surface area contributed by atoms with Crippen LogP contribution in [0.4, 0.5) is 34.5 Å². The van der Waals surface area contributed by atoms with Crippen LogP contribution in [-0.4, -0.2) is 67.7 Å².